The molecular formula is C28H32FNO11. The molecule has 1 aliphatic rings. The van der Waals surface area contributed by atoms with Crippen LogP contribution in [0.5, 0.6) is 23.0 Å². The van der Waals surface area contributed by atoms with E-state index in [0.29, 0.717) is 17.1 Å². The molecule has 2 aromatic carbocycles. The molecule has 2 heterocycles. The van der Waals surface area contributed by atoms with Crippen molar-refractivity contribution in [1.29, 1.82) is 0 Å². The monoisotopic (exact) mass is 577 g/mol. The molecule has 1 saturated heterocycles. The highest BCUT2D eigenvalue weighted by molar-refractivity contribution is 5.89. The standard InChI is InChI=1S/C28H32FNO11/c1-36-15-7-6-13(10-17(15)37-2)16-11-14(31)20-19(40-16)12-18(38-3)21(25(20)39-4)26-23(33)22(32)24(34)27(41-26)28(35)30-9-5-8-29/h6-7,10-12,22-24,26-27,32-34H,5,8-9H2,1-4H3,(H,30,35). The Morgan fingerprint density at radius 2 is 1.63 bits per heavy atom. The molecule has 222 valence electrons. The average Bonchev–Trinajstić information content (AvgIpc) is 2.98. The molecule has 0 spiro atoms. The second-order valence-corrected chi connectivity index (χ2v) is 9.23. The Kier molecular flexibility index (Phi) is 9.33. The lowest BCUT2D eigenvalue weighted by Gasteiger charge is -2.40. The highest BCUT2D eigenvalue weighted by atomic mass is 19.1. The van der Waals surface area contributed by atoms with E-state index in [9.17, 15) is 29.3 Å². The number of methoxy groups -OCH3 is 4. The highest BCUT2D eigenvalue weighted by Gasteiger charge is 2.49. The van der Waals surface area contributed by atoms with Gasteiger partial charge in [-0.1, -0.05) is 0 Å². The van der Waals surface area contributed by atoms with Gasteiger partial charge in [0.15, 0.2) is 23.0 Å². The molecule has 41 heavy (non-hydrogen) atoms. The lowest BCUT2D eigenvalue weighted by Crippen LogP contribution is -2.59. The number of amides is 1. The molecular weight excluding hydrogens is 545 g/mol. The molecule has 0 bridgehead atoms. The van der Waals surface area contributed by atoms with E-state index in [2.05, 4.69) is 5.32 Å². The second kappa shape index (κ2) is 12.7. The molecule has 4 rings (SSSR count). The molecule has 13 heteroatoms. The van der Waals surface area contributed by atoms with E-state index in [1.807, 2.05) is 0 Å². The van der Waals surface area contributed by atoms with Crippen LogP contribution in [0.15, 0.2) is 39.5 Å². The molecule has 1 fully saturated rings. The first-order valence-electron chi connectivity index (χ1n) is 12.7. The first-order chi connectivity index (χ1) is 19.7. The van der Waals surface area contributed by atoms with E-state index in [1.165, 1.54) is 40.6 Å². The number of fused-ring (bicyclic) bond motifs is 1. The summed E-state index contributed by atoms with van der Waals surface area (Å²) in [5.41, 5.74) is 0.0939. The number of nitrogens with one attached hydrogen (secondary N) is 1. The second-order valence-electron chi connectivity index (χ2n) is 9.23. The summed E-state index contributed by atoms with van der Waals surface area (Å²) in [6.45, 7) is -0.697. The van der Waals surface area contributed by atoms with Gasteiger partial charge in [0.05, 0.1) is 40.7 Å². The van der Waals surface area contributed by atoms with Crippen LogP contribution >= 0.6 is 0 Å². The summed E-state index contributed by atoms with van der Waals surface area (Å²) in [5.74, 6) is 0.255. The lowest BCUT2D eigenvalue weighted by atomic mass is 9.89. The Labute approximate surface area is 234 Å². The Balaban J connectivity index is 1.83. The summed E-state index contributed by atoms with van der Waals surface area (Å²) in [6, 6.07) is 7.63. The zero-order valence-corrected chi connectivity index (χ0v) is 22.9. The predicted molar refractivity (Wildman–Crippen MR) is 143 cm³/mol. The van der Waals surface area contributed by atoms with Crippen LogP contribution in [0.3, 0.4) is 0 Å². The molecule has 12 nitrogen and oxygen atoms in total. The largest absolute Gasteiger partial charge is 0.496 e. The van der Waals surface area contributed by atoms with Crippen LogP contribution in [0, 0.1) is 0 Å². The van der Waals surface area contributed by atoms with Gasteiger partial charge in [0, 0.05) is 24.2 Å². The maximum absolute atomic E-state index is 13.5. The number of rotatable bonds is 10. The molecule has 5 unspecified atom stereocenters. The lowest BCUT2D eigenvalue weighted by molar-refractivity contribution is -0.223. The number of ether oxygens (including phenoxy) is 5. The van der Waals surface area contributed by atoms with E-state index < -0.39 is 48.5 Å². The Morgan fingerprint density at radius 1 is 0.927 bits per heavy atom. The van der Waals surface area contributed by atoms with Crippen molar-refractivity contribution in [3.8, 4) is 34.3 Å². The van der Waals surface area contributed by atoms with Gasteiger partial charge in [0.1, 0.15) is 52.6 Å². The minimum Gasteiger partial charge on any atom is -0.496 e. The number of aliphatic hydroxyl groups is 3. The van der Waals surface area contributed by atoms with Crippen LogP contribution in [0.4, 0.5) is 4.39 Å². The molecule has 0 aliphatic carbocycles. The van der Waals surface area contributed by atoms with Crippen LogP contribution in [-0.2, 0) is 9.53 Å². The molecule has 1 aliphatic heterocycles. The molecule has 0 radical (unpaired) electrons. The SMILES string of the molecule is COc1ccc(-c2cc(=O)c3c(OC)c(C4OC(C(=O)NCCCF)C(O)C(O)C4O)c(OC)cc3o2)cc1OC. The summed E-state index contributed by atoms with van der Waals surface area (Å²) in [7, 11) is 5.58. The van der Waals surface area contributed by atoms with Gasteiger partial charge in [-0.25, -0.2) is 0 Å². The molecule has 4 N–H and O–H groups in total. The third-order valence-electron chi connectivity index (χ3n) is 6.83. The van der Waals surface area contributed by atoms with Crippen LogP contribution in [0.25, 0.3) is 22.3 Å². The van der Waals surface area contributed by atoms with Gasteiger partial charge < -0.3 is 48.7 Å². The summed E-state index contributed by atoms with van der Waals surface area (Å²) < 4.78 is 46.1. The van der Waals surface area contributed by atoms with Gasteiger partial charge in [-0.15, -0.1) is 0 Å². The van der Waals surface area contributed by atoms with Crippen molar-refractivity contribution in [3.05, 3.63) is 46.1 Å². The maximum atomic E-state index is 13.5. The van der Waals surface area contributed by atoms with E-state index in [-0.39, 0.29) is 46.8 Å². The molecule has 1 aromatic heterocycles. The highest BCUT2D eigenvalue weighted by Crippen LogP contribution is 2.46. The third kappa shape index (κ3) is 5.66. The fourth-order valence-corrected chi connectivity index (χ4v) is 4.78. The van der Waals surface area contributed by atoms with E-state index in [1.54, 1.807) is 18.2 Å². The van der Waals surface area contributed by atoms with Gasteiger partial charge in [-0.05, 0) is 24.6 Å². The van der Waals surface area contributed by atoms with Crippen LogP contribution in [-0.4, -0.2) is 87.3 Å². The van der Waals surface area contributed by atoms with Gasteiger partial charge in [-0.3, -0.25) is 14.0 Å². The summed E-state index contributed by atoms with van der Waals surface area (Å²) in [6.07, 6.45) is -8.44. The topological polar surface area (TPSA) is 166 Å². The molecule has 0 saturated carbocycles. The Bertz CT molecular complexity index is 1460. The van der Waals surface area contributed by atoms with Crippen LogP contribution in [0.1, 0.15) is 18.1 Å². The van der Waals surface area contributed by atoms with Crippen molar-refractivity contribution < 1.29 is 52.6 Å². The summed E-state index contributed by atoms with van der Waals surface area (Å²) >= 11 is 0. The number of benzene rings is 2. The van der Waals surface area contributed by atoms with Crippen molar-refractivity contribution in [2.75, 3.05) is 41.7 Å². The van der Waals surface area contributed by atoms with Gasteiger partial charge >= 0.3 is 0 Å². The van der Waals surface area contributed by atoms with Crippen molar-refractivity contribution in [3.63, 3.8) is 0 Å². The normalized spacial score (nSPS) is 22.3. The quantitative estimate of drug-likeness (QED) is 0.258. The van der Waals surface area contributed by atoms with Crippen molar-refractivity contribution in [2.45, 2.75) is 36.9 Å². The fourth-order valence-electron chi connectivity index (χ4n) is 4.78. The number of aliphatic hydroxyl groups excluding tert-OH is 3. The Morgan fingerprint density at radius 3 is 2.27 bits per heavy atom. The molecule has 1 amide bonds. The zero-order valence-electron chi connectivity index (χ0n) is 22.9. The first-order valence-corrected chi connectivity index (χ1v) is 12.7. The number of hydrogen-bond donors (Lipinski definition) is 4. The summed E-state index contributed by atoms with van der Waals surface area (Å²) in [5, 5.41) is 34.4. The molecule has 5 atom stereocenters. The van der Waals surface area contributed by atoms with Crippen molar-refractivity contribution in [1.82, 2.24) is 5.32 Å². The fraction of sp³-hybridized carbons (Fsp3) is 0.429. The minimum absolute atomic E-state index is 0.00803. The van der Waals surface area contributed by atoms with Crippen LogP contribution < -0.4 is 29.7 Å². The average molecular weight is 578 g/mol. The smallest absolute Gasteiger partial charge is 0.251 e. The van der Waals surface area contributed by atoms with Crippen molar-refractivity contribution in [2.24, 2.45) is 0 Å². The van der Waals surface area contributed by atoms with Crippen molar-refractivity contribution >= 4 is 16.9 Å². The first kappa shape index (κ1) is 30.1. The third-order valence-corrected chi connectivity index (χ3v) is 6.83. The van der Waals surface area contributed by atoms with Crippen LogP contribution in [0.2, 0.25) is 0 Å². The number of alkyl halides is 1. The van der Waals surface area contributed by atoms with E-state index in [4.69, 9.17) is 28.1 Å². The Hall–Kier alpha value is -3.91. The summed E-state index contributed by atoms with van der Waals surface area (Å²) in [4.78, 5) is 26.1. The van der Waals surface area contributed by atoms with E-state index in [0.717, 1.165) is 0 Å². The zero-order chi connectivity index (χ0) is 29.8. The maximum Gasteiger partial charge on any atom is 0.251 e. The number of halogens is 1. The number of carbonyl (C=O) groups excluding carboxylic acids is 1. The molecule has 3 aromatic rings. The predicted octanol–water partition coefficient (Wildman–Crippen LogP) is 1.49. The number of hydrogen-bond acceptors (Lipinski definition) is 11. The van der Waals surface area contributed by atoms with Gasteiger partial charge in [0.2, 0.25) is 0 Å². The minimum atomic E-state index is -1.82. The van der Waals surface area contributed by atoms with E-state index >= 15 is 0 Å². The van der Waals surface area contributed by atoms with Gasteiger partial charge in [-0.2, -0.15) is 0 Å². The number of carbonyl (C=O) groups is 1. The van der Waals surface area contributed by atoms with Gasteiger partial charge in [0.25, 0.3) is 5.91 Å².